The van der Waals surface area contributed by atoms with Crippen molar-refractivity contribution in [2.75, 3.05) is 13.6 Å². The Bertz CT molecular complexity index is 376. The fourth-order valence-electron chi connectivity index (χ4n) is 1.41. The number of hydrogen-bond donors (Lipinski definition) is 1. The summed E-state index contributed by atoms with van der Waals surface area (Å²) in [5, 5.41) is 9.64. The number of halogens is 1. The average Bonchev–Trinajstić information content (AvgIpc) is 2.43. The normalized spacial score (nSPS) is 11.6. The Hall–Kier alpha value is -0.390. The van der Waals surface area contributed by atoms with Crippen LogP contribution in [0.25, 0.3) is 0 Å². The van der Waals surface area contributed by atoms with Gasteiger partial charge < -0.3 is 10.0 Å². The number of rotatable bonds is 3. The number of nitrogens with zero attached hydrogens (tertiary/aromatic N) is 1. The molecule has 1 rings (SSSR count). The van der Waals surface area contributed by atoms with Crippen molar-refractivity contribution in [2.24, 2.45) is 0 Å². The number of carbonyl (C=O) groups is 1. The molecular formula is C11H16BrNO2S. The summed E-state index contributed by atoms with van der Waals surface area (Å²) in [6.07, 6.45) is 0. The minimum Gasteiger partial charge on any atom is -0.389 e. The smallest absolute Gasteiger partial charge is 0.263 e. The Morgan fingerprint density at radius 3 is 2.56 bits per heavy atom. The van der Waals surface area contributed by atoms with Crippen molar-refractivity contribution in [3.05, 3.63) is 20.3 Å². The van der Waals surface area contributed by atoms with Gasteiger partial charge in [-0.2, -0.15) is 0 Å². The first-order valence-electron chi connectivity index (χ1n) is 4.94. The van der Waals surface area contributed by atoms with Crippen LogP contribution in [-0.4, -0.2) is 35.1 Å². The van der Waals surface area contributed by atoms with Gasteiger partial charge in [-0.05, 0) is 48.3 Å². The summed E-state index contributed by atoms with van der Waals surface area (Å²) in [6.45, 7) is 5.65. The molecule has 0 unspecified atom stereocenters. The van der Waals surface area contributed by atoms with Crippen molar-refractivity contribution >= 4 is 33.2 Å². The maximum atomic E-state index is 12.0. The van der Waals surface area contributed by atoms with E-state index in [9.17, 15) is 9.90 Å². The van der Waals surface area contributed by atoms with Crippen molar-refractivity contribution in [3.8, 4) is 0 Å². The predicted octanol–water partition coefficient (Wildman–Crippen LogP) is 2.66. The second-order valence-electron chi connectivity index (χ2n) is 4.54. The summed E-state index contributed by atoms with van der Waals surface area (Å²) in [5.74, 6) is -0.0547. The van der Waals surface area contributed by atoms with E-state index >= 15 is 0 Å². The number of hydrogen-bond acceptors (Lipinski definition) is 3. The fraction of sp³-hybridized carbons (Fsp3) is 0.545. The van der Waals surface area contributed by atoms with Crippen LogP contribution in [-0.2, 0) is 0 Å². The number of carbonyl (C=O) groups excluding carboxylic acids is 1. The van der Waals surface area contributed by atoms with Gasteiger partial charge in [0.15, 0.2) is 0 Å². The van der Waals surface area contributed by atoms with Gasteiger partial charge in [0, 0.05) is 13.6 Å². The molecule has 0 aliphatic carbocycles. The molecule has 3 nitrogen and oxygen atoms in total. The van der Waals surface area contributed by atoms with Gasteiger partial charge in [0.2, 0.25) is 0 Å². The zero-order valence-electron chi connectivity index (χ0n) is 9.87. The average molecular weight is 306 g/mol. The molecule has 0 saturated heterocycles. The lowest BCUT2D eigenvalue weighted by Crippen LogP contribution is -2.39. The summed E-state index contributed by atoms with van der Waals surface area (Å²) in [5.41, 5.74) is 0.193. The highest BCUT2D eigenvalue weighted by Crippen LogP contribution is 2.28. The molecule has 1 N–H and O–H groups in total. The molecule has 1 heterocycles. The van der Waals surface area contributed by atoms with Gasteiger partial charge in [0.25, 0.3) is 5.91 Å². The van der Waals surface area contributed by atoms with Crippen molar-refractivity contribution in [2.45, 2.75) is 26.4 Å². The first kappa shape index (κ1) is 13.7. The number of amides is 1. The topological polar surface area (TPSA) is 40.5 Å². The van der Waals surface area contributed by atoms with Gasteiger partial charge in [-0.1, -0.05) is 0 Å². The summed E-state index contributed by atoms with van der Waals surface area (Å²) >= 11 is 4.81. The minimum atomic E-state index is -0.867. The van der Waals surface area contributed by atoms with Gasteiger partial charge in [-0.15, -0.1) is 11.3 Å². The maximum Gasteiger partial charge on any atom is 0.263 e. The standard InChI is InChI=1S/C11H16BrNO2S/c1-7-5-8(16-9(7)12)10(14)13(4)6-11(2,3)15/h5,15H,6H2,1-4H3. The Balaban J connectivity index is 2.78. The van der Waals surface area contributed by atoms with Crippen LogP contribution < -0.4 is 0 Å². The molecule has 0 aromatic carbocycles. The SMILES string of the molecule is Cc1cc(C(=O)N(C)CC(C)(C)O)sc1Br. The Morgan fingerprint density at radius 1 is 1.62 bits per heavy atom. The molecule has 1 amide bonds. The van der Waals surface area contributed by atoms with E-state index in [-0.39, 0.29) is 5.91 Å². The van der Waals surface area contributed by atoms with Crippen LogP contribution in [0.3, 0.4) is 0 Å². The quantitative estimate of drug-likeness (QED) is 0.932. The Kier molecular flexibility index (Phi) is 4.15. The summed E-state index contributed by atoms with van der Waals surface area (Å²) in [7, 11) is 1.70. The predicted molar refractivity (Wildman–Crippen MR) is 70.0 cm³/mol. The third-order valence-corrected chi connectivity index (χ3v) is 4.16. The largest absolute Gasteiger partial charge is 0.389 e. The molecular weight excluding hydrogens is 290 g/mol. The maximum absolute atomic E-state index is 12.0. The minimum absolute atomic E-state index is 0.0547. The van der Waals surface area contributed by atoms with Crippen molar-refractivity contribution in [1.82, 2.24) is 4.90 Å². The van der Waals surface area contributed by atoms with Crippen LogP contribution in [0.4, 0.5) is 0 Å². The second-order valence-corrected chi connectivity index (χ2v) is 6.91. The highest BCUT2D eigenvalue weighted by Gasteiger charge is 2.21. The van der Waals surface area contributed by atoms with Crippen molar-refractivity contribution in [3.63, 3.8) is 0 Å². The fourth-order valence-corrected chi connectivity index (χ4v) is 2.94. The van der Waals surface area contributed by atoms with Crippen molar-refractivity contribution < 1.29 is 9.90 Å². The molecule has 0 radical (unpaired) electrons. The lowest BCUT2D eigenvalue weighted by Gasteiger charge is -2.25. The second kappa shape index (κ2) is 4.85. The number of thiophene rings is 1. The van der Waals surface area contributed by atoms with Gasteiger partial charge in [0.05, 0.1) is 14.3 Å². The van der Waals surface area contributed by atoms with Crippen LogP contribution in [0.5, 0.6) is 0 Å². The van der Waals surface area contributed by atoms with Gasteiger partial charge >= 0.3 is 0 Å². The first-order chi connectivity index (χ1) is 7.20. The Labute approximate surface area is 108 Å². The molecule has 0 aliphatic rings. The van der Waals surface area contributed by atoms with Crippen LogP contribution in [0.1, 0.15) is 29.1 Å². The summed E-state index contributed by atoms with van der Waals surface area (Å²) in [4.78, 5) is 14.2. The molecule has 0 bridgehead atoms. The number of aliphatic hydroxyl groups is 1. The zero-order valence-corrected chi connectivity index (χ0v) is 12.3. The monoisotopic (exact) mass is 305 g/mol. The summed E-state index contributed by atoms with van der Waals surface area (Å²) in [6, 6.07) is 1.86. The van der Waals surface area contributed by atoms with Crippen LogP contribution >= 0.6 is 27.3 Å². The molecule has 0 saturated carbocycles. The molecule has 0 spiro atoms. The van der Waals surface area contributed by atoms with E-state index in [1.807, 2.05) is 13.0 Å². The van der Waals surface area contributed by atoms with E-state index in [0.29, 0.717) is 11.4 Å². The third kappa shape index (κ3) is 3.57. The zero-order chi connectivity index (χ0) is 12.5. The van der Waals surface area contributed by atoms with Gasteiger partial charge in [-0.25, -0.2) is 0 Å². The molecule has 0 fully saturated rings. The van der Waals surface area contributed by atoms with Gasteiger partial charge in [0.1, 0.15) is 0 Å². The van der Waals surface area contributed by atoms with Crippen LogP contribution in [0.15, 0.2) is 9.85 Å². The number of aryl methyl sites for hydroxylation is 1. The lowest BCUT2D eigenvalue weighted by molar-refractivity contribution is 0.0370. The highest BCUT2D eigenvalue weighted by molar-refractivity contribution is 9.11. The first-order valence-corrected chi connectivity index (χ1v) is 6.55. The molecule has 0 atom stereocenters. The van der Waals surface area contributed by atoms with E-state index in [4.69, 9.17) is 0 Å². The van der Waals surface area contributed by atoms with E-state index < -0.39 is 5.60 Å². The van der Waals surface area contributed by atoms with Gasteiger partial charge in [-0.3, -0.25) is 4.79 Å². The van der Waals surface area contributed by atoms with E-state index in [1.54, 1.807) is 20.9 Å². The summed E-state index contributed by atoms with van der Waals surface area (Å²) < 4.78 is 0.979. The molecule has 90 valence electrons. The third-order valence-electron chi connectivity index (χ3n) is 2.04. The van der Waals surface area contributed by atoms with Crippen LogP contribution in [0, 0.1) is 6.92 Å². The van der Waals surface area contributed by atoms with Crippen molar-refractivity contribution in [1.29, 1.82) is 0 Å². The molecule has 5 heteroatoms. The lowest BCUT2D eigenvalue weighted by atomic mass is 10.1. The van der Waals surface area contributed by atoms with E-state index in [1.165, 1.54) is 16.2 Å². The van der Waals surface area contributed by atoms with E-state index in [0.717, 1.165) is 9.35 Å². The van der Waals surface area contributed by atoms with E-state index in [2.05, 4.69) is 15.9 Å². The number of likely N-dealkylation sites (N-methyl/N-ethyl adjacent to an activating group) is 1. The highest BCUT2D eigenvalue weighted by atomic mass is 79.9. The molecule has 0 aliphatic heterocycles. The van der Waals surface area contributed by atoms with Crippen LogP contribution in [0.2, 0.25) is 0 Å². The molecule has 1 aromatic rings. The Morgan fingerprint density at radius 2 is 2.19 bits per heavy atom. The molecule has 1 aromatic heterocycles. The molecule has 16 heavy (non-hydrogen) atoms.